The third kappa shape index (κ3) is 5.52. The van der Waals surface area contributed by atoms with Gasteiger partial charge in [0.25, 0.3) is 0 Å². The van der Waals surface area contributed by atoms with Crippen molar-refractivity contribution in [1.29, 1.82) is 0 Å². The maximum absolute atomic E-state index is 12.5. The quantitative estimate of drug-likeness (QED) is 0.534. The molecular formula is C23H28ClNO3. The van der Waals surface area contributed by atoms with E-state index in [2.05, 4.69) is 19.2 Å². The molecule has 0 saturated carbocycles. The van der Waals surface area contributed by atoms with E-state index in [0.29, 0.717) is 29.0 Å². The molecule has 5 heteroatoms. The van der Waals surface area contributed by atoms with Gasteiger partial charge in [-0.15, -0.1) is 0 Å². The molecule has 0 saturated heterocycles. The van der Waals surface area contributed by atoms with E-state index in [1.165, 1.54) is 6.08 Å². The van der Waals surface area contributed by atoms with Crippen molar-refractivity contribution in [3.63, 3.8) is 0 Å². The Bertz CT molecular complexity index is 859. The molecule has 2 aromatic carbocycles. The van der Waals surface area contributed by atoms with E-state index in [-0.39, 0.29) is 5.91 Å². The molecule has 0 atom stereocenters. The van der Waals surface area contributed by atoms with Crippen molar-refractivity contribution < 1.29 is 14.3 Å². The number of carbonyl (C=O) groups is 1. The number of halogens is 1. The minimum atomic E-state index is -0.197. The highest BCUT2D eigenvalue weighted by Crippen LogP contribution is 2.37. The van der Waals surface area contributed by atoms with Crippen LogP contribution in [-0.4, -0.2) is 19.6 Å². The van der Waals surface area contributed by atoms with Gasteiger partial charge in [0.2, 0.25) is 5.91 Å². The number of anilines is 1. The average molecular weight is 402 g/mol. The van der Waals surface area contributed by atoms with Crippen LogP contribution in [-0.2, 0) is 4.79 Å². The molecule has 0 unspecified atom stereocenters. The number of ether oxygens (including phenoxy) is 2. The highest BCUT2D eigenvalue weighted by atomic mass is 35.5. The van der Waals surface area contributed by atoms with E-state index in [1.807, 2.05) is 32.0 Å². The minimum absolute atomic E-state index is 0.197. The summed E-state index contributed by atoms with van der Waals surface area (Å²) >= 11 is 6.33. The number of para-hydroxylation sites is 1. The molecule has 0 bridgehead atoms. The second-order valence-electron chi connectivity index (χ2n) is 6.90. The standard InChI is InChI=1S/C23H28ClNO3/c1-6-12-28-23-19(24)13-17(14-20(23)27-5)10-11-21(26)25-22-16(4)8-7-9-18(22)15(2)3/h7-11,13-15H,6,12H2,1-5H3,(H,25,26)/b11-10+. The van der Waals surface area contributed by atoms with Gasteiger partial charge in [0.1, 0.15) is 0 Å². The summed E-state index contributed by atoms with van der Waals surface area (Å²) < 4.78 is 11.0. The Balaban J connectivity index is 2.20. The van der Waals surface area contributed by atoms with Crippen LogP contribution in [0.25, 0.3) is 6.08 Å². The van der Waals surface area contributed by atoms with Crippen molar-refractivity contribution >= 4 is 29.3 Å². The minimum Gasteiger partial charge on any atom is -0.493 e. The van der Waals surface area contributed by atoms with Crippen LogP contribution in [0.5, 0.6) is 11.5 Å². The molecule has 150 valence electrons. The number of hydrogen-bond acceptors (Lipinski definition) is 3. The average Bonchev–Trinajstić information content (AvgIpc) is 2.66. The Morgan fingerprint density at radius 3 is 2.68 bits per heavy atom. The van der Waals surface area contributed by atoms with Gasteiger partial charge in [-0.05, 0) is 54.2 Å². The smallest absolute Gasteiger partial charge is 0.248 e. The van der Waals surface area contributed by atoms with E-state index >= 15 is 0 Å². The van der Waals surface area contributed by atoms with Crippen LogP contribution in [0.4, 0.5) is 5.69 Å². The van der Waals surface area contributed by atoms with E-state index in [0.717, 1.165) is 28.8 Å². The highest BCUT2D eigenvalue weighted by Gasteiger charge is 2.12. The van der Waals surface area contributed by atoms with Crippen molar-refractivity contribution in [3.8, 4) is 11.5 Å². The van der Waals surface area contributed by atoms with Gasteiger partial charge in [-0.2, -0.15) is 0 Å². The third-order valence-corrected chi connectivity index (χ3v) is 4.59. The lowest BCUT2D eigenvalue weighted by Gasteiger charge is -2.15. The van der Waals surface area contributed by atoms with Crippen LogP contribution in [0, 0.1) is 6.92 Å². The van der Waals surface area contributed by atoms with Crippen molar-refractivity contribution in [1.82, 2.24) is 0 Å². The van der Waals surface area contributed by atoms with E-state index < -0.39 is 0 Å². The lowest BCUT2D eigenvalue weighted by Crippen LogP contribution is -2.11. The molecule has 0 aliphatic carbocycles. The first-order chi connectivity index (χ1) is 13.4. The Morgan fingerprint density at radius 1 is 1.29 bits per heavy atom. The monoisotopic (exact) mass is 401 g/mol. The van der Waals surface area contributed by atoms with Gasteiger partial charge in [-0.3, -0.25) is 4.79 Å². The number of carbonyl (C=O) groups excluding carboxylic acids is 1. The summed E-state index contributed by atoms with van der Waals surface area (Å²) in [6.07, 6.45) is 4.08. The SMILES string of the molecule is CCCOc1c(Cl)cc(/C=C/C(=O)Nc2c(C)cccc2C(C)C)cc1OC. The fourth-order valence-electron chi connectivity index (χ4n) is 2.86. The van der Waals surface area contributed by atoms with Crippen molar-refractivity contribution in [2.45, 2.75) is 40.0 Å². The Morgan fingerprint density at radius 2 is 2.04 bits per heavy atom. The van der Waals surface area contributed by atoms with Crippen molar-refractivity contribution in [2.75, 3.05) is 19.0 Å². The number of benzene rings is 2. The molecular weight excluding hydrogens is 374 g/mol. The molecule has 2 aromatic rings. The zero-order valence-corrected chi connectivity index (χ0v) is 17.9. The van der Waals surface area contributed by atoms with E-state index in [4.69, 9.17) is 21.1 Å². The van der Waals surface area contributed by atoms with Crippen LogP contribution < -0.4 is 14.8 Å². The molecule has 1 amide bonds. The third-order valence-electron chi connectivity index (χ3n) is 4.30. The normalized spacial score (nSPS) is 11.1. The Kier molecular flexibility index (Phi) is 7.94. The largest absolute Gasteiger partial charge is 0.493 e. The van der Waals surface area contributed by atoms with Gasteiger partial charge in [0, 0.05) is 11.8 Å². The Labute approximate surface area is 172 Å². The molecule has 0 heterocycles. The maximum atomic E-state index is 12.5. The van der Waals surface area contributed by atoms with Gasteiger partial charge in [-0.1, -0.05) is 50.6 Å². The van der Waals surface area contributed by atoms with Gasteiger partial charge >= 0.3 is 0 Å². The first-order valence-corrected chi connectivity index (χ1v) is 9.84. The van der Waals surface area contributed by atoms with Gasteiger partial charge in [-0.25, -0.2) is 0 Å². The molecule has 0 fully saturated rings. The first-order valence-electron chi connectivity index (χ1n) is 9.46. The Hall–Kier alpha value is -2.46. The molecule has 0 radical (unpaired) electrons. The predicted octanol–water partition coefficient (Wildman–Crippen LogP) is 6.22. The number of nitrogens with one attached hydrogen (secondary N) is 1. The summed E-state index contributed by atoms with van der Waals surface area (Å²) in [7, 11) is 1.57. The summed E-state index contributed by atoms with van der Waals surface area (Å²) in [5.74, 6) is 1.19. The summed E-state index contributed by atoms with van der Waals surface area (Å²) in [5.41, 5.74) is 3.78. The van der Waals surface area contributed by atoms with Crippen molar-refractivity contribution in [3.05, 3.63) is 58.1 Å². The first kappa shape index (κ1) is 21.8. The zero-order valence-electron chi connectivity index (χ0n) is 17.1. The topological polar surface area (TPSA) is 47.6 Å². The number of methoxy groups -OCH3 is 1. The van der Waals surface area contributed by atoms with Gasteiger partial charge in [0.05, 0.1) is 18.7 Å². The van der Waals surface area contributed by atoms with Gasteiger partial charge < -0.3 is 14.8 Å². The van der Waals surface area contributed by atoms with E-state index in [1.54, 1.807) is 25.3 Å². The molecule has 0 aromatic heterocycles. The van der Waals surface area contributed by atoms with Crippen molar-refractivity contribution in [2.24, 2.45) is 0 Å². The maximum Gasteiger partial charge on any atom is 0.248 e. The number of aryl methyl sites for hydroxylation is 1. The number of amides is 1. The molecule has 0 aliphatic heterocycles. The predicted molar refractivity (Wildman–Crippen MR) is 117 cm³/mol. The van der Waals surface area contributed by atoms with Crippen LogP contribution in [0.15, 0.2) is 36.4 Å². The van der Waals surface area contributed by atoms with E-state index in [9.17, 15) is 4.79 Å². The lowest BCUT2D eigenvalue weighted by atomic mass is 9.98. The highest BCUT2D eigenvalue weighted by molar-refractivity contribution is 6.32. The summed E-state index contributed by atoms with van der Waals surface area (Å²) in [6.45, 7) is 8.79. The second-order valence-corrected chi connectivity index (χ2v) is 7.31. The molecule has 0 spiro atoms. The van der Waals surface area contributed by atoms with Crippen LogP contribution in [0.3, 0.4) is 0 Å². The zero-order chi connectivity index (χ0) is 20.7. The lowest BCUT2D eigenvalue weighted by molar-refractivity contribution is -0.111. The second kappa shape index (κ2) is 10.2. The van der Waals surface area contributed by atoms with Crippen LogP contribution in [0.2, 0.25) is 5.02 Å². The fraction of sp³-hybridized carbons (Fsp3) is 0.348. The van der Waals surface area contributed by atoms with Gasteiger partial charge in [0.15, 0.2) is 11.5 Å². The number of rotatable bonds is 8. The van der Waals surface area contributed by atoms with Crippen LogP contribution in [0.1, 0.15) is 49.8 Å². The molecule has 28 heavy (non-hydrogen) atoms. The summed E-state index contributed by atoms with van der Waals surface area (Å²) in [5, 5.41) is 3.45. The molecule has 2 rings (SSSR count). The fourth-order valence-corrected chi connectivity index (χ4v) is 3.13. The molecule has 0 aliphatic rings. The molecule has 1 N–H and O–H groups in total. The summed E-state index contributed by atoms with van der Waals surface area (Å²) in [6, 6.07) is 9.59. The van der Waals surface area contributed by atoms with Crippen LogP contribution >= 0.6 is 11.6 Å². The number of hydrogen-bond donors (Lipinski definition) is 1. The summed E-state index contributed by atoms with van der Waals surface area (Å²) in [4.78, 5) is 12.5. The molecule has 4 nitrogen and oxygen atoms in total.